The zero-order chi connectivity index (χ0) is 10.8. The van der Waals surface area contributed by atoms with Crippen LogP contribution in [0, 0.1) is 6.92 Å². The molecule has 0 fully saturated rings. The van der Waals surface area contributed by atoms with Gasteiger partial charge in [0, 0.05) is 19.7 Å². The third-order valence-electron chi connectivity index (χ3n) is 2.26. The fourth-order valence-corrected chi connectivity index (χ4v) is 1.50. The van der Waals surface area contributed by atoms with Crippen LogP contribution >= 0.6 is 0 Å². The van der Waals surface area contributed by atoms with E-state index in [0.717, 1.165) is 11.5 Å². The average Bonchev–Trinajstić information content (AvgIpc) is 2.75. The molecule has 0 spiro atoms. The molecule has 2 rings (SSSR count). The minimum Gasteiger partial charge on any atom is -0.464 e. The second-order valence-electron chi connectivity index (χ2n) is 3.65. The molecule has 0 saturated heterocycles. The van der Waals surface area contributed by atoms with E-state index < -0.39 is 6.10 Å². The van der Waals surface area contributed by atoms with Gasteiger partial charge >= 0.3 is 0 Å². The van der Waals surface area contributed by atoms with Gasteiger partial charge in [0.05, 0.1) is 5.69 Å². The van der Waals surface area contributed by atoms with E-state index in [1.165, 1.54) is 0 Å². The minimum atomic E-state index is -0.617. The van der Waals surface area contributed by atoms with Gasteiger partial charge in [-0.2, -0.15) is 5.10 Å². The number of aliphatic hydroxyl groups excluding tert-OH is 1. The summed E-state index contributed by atoms with van der Waals surface area (Å²) in [7, 11) is 1.85. The van der Waals surface area contributed by atoms with Crippen LogP contribution in [0.3, 0.4) is 0 Å². The lowest BCUT2D eigenvalue weighted by Gasteiger charge is -2.04. The highest BCUT2D eigenvalue weighted by atomic mass is 16.4. The molecule has 15 heavy (non-hydrogen) atoms. The molecule has 1 atom stereocenters. The molecule has 0 aliphatic heterocycles. The van der Waals surface area contributed by atoms with E-state index in [4.69, 9.17) is 4.42 Å². The van der Waals surface area contributed by atoms with Gasteiger partial charge in [0.15, 0.2) is 0 Å². The SMILES string of the molecule is Cc1ccc(C(O)Cc2ccn(C)n2)o1. The van der Waals surface area contributed by atoms with Crippen LogP contribution < -0.4 is 0 Å². The number of aromatic nitrogens is 2. The third kappa shape index (κ3) is 2.27. The van der Waals surface area contributed by atoms with Crippen molar-refractivity contribution in [1.29, 1.82) is 0 Å². The van der Waals surface area contributed by atoms with Crippen molar-refractivity contribution in [2.24, 2.45) is 7.05 Å². The lowest BCUT2D eigenvalue weighted by molar-refractivity contribution is 0.147. The van der Waals surface area contributed by atoms with Crippen LogP contribution in [0.15, 0.2) is 28.8 Å². The Kier molecular flexibility index (Phi) is 2.60. The van der Waals surface area contributed by atoms with Gasteiger partial charge < -0.3 is 9.52 Å². The van der Waals surface area contributed by atoms with E-state index in [1.54, 1.807) is 10.7 Å². The van der Waals surface area contributed by atoms with Gasteiger partial charge in [0.2, 0.25) is 0 Å². The molecule has 0 aromatic carbocycles. The van der Waals surface area contributed by atoms with Gasteiger partial charge in [0.1, 0.15) is 17.6 Å². The van der Waals surface area contributed by atoms with E-state index in [9.17, 15) is 5.11 Å². The summed E-state index contributed by atoms with van der Waals surface area (Å²) in [5.41, 5.74) is 0.860. The second kappa shape index (κ2) is 3.90. The van der Waals surface area contributed by atoms with Crippen LogP contribution in [0.25, 0.3) is 0 Å². The Hall–Kier alpha value is -1.55. The zero-order valence-corrected chi connectivity index (χ0v) is 8.84. The molecule has 0 saturated carbocycles. The van der Waals surface area contributed by atoms with Crippen molar-refractivity contribution in [3.63, 3.8) is 0 Å². The highest BCUT2D eigenvalue weighted by Crippen LogP contribution is 2.19. The van der Waals surface area contributed by atoms with Crippen LogP contribution in [0.4, 0.5) is 0 Å². The van der Waals surface area contributed by atoms with Gasteiger partial charge in [-0.15, -0.1) is 0 Å². The van der Waals surface area contributed by atoms with Crippen LogP contribution in [0.5, 0.6) is 0 Å². The van der Waals surface area contributed by atoms with Crippen molar-refractivity contribution in [3.05, 3.63) is 41.6 Å². The van der Waals surface area contributed by atoms with Crippen LogP contribution in [0.1, 0.15) is 23.3 Å². The number of hydrogen-bond donors (Lipinski definition) is 1. The summed E-state index contributed by atoms with van der Waals surface area (Å²) in [6.45, 7) is 1.86. The molecule has 0 aliphatic rings. The Morgan fingerprint density at radius 3 is 2.80 bits per heavy atom. The second-order valence-corrected chi connectivity index (χ2v) is 3.65. The van der Waals surface area contributed by atoms with Crippen molar-refractivity contribution in [1.82, 2.24) is 9.78 Å². The maximum Gasteiger partial charge on any atom is 0.133 e. The Balaban J connectivity index is 2.06. The van der Waals surface area contributed by atoms with Gasteiger partial charge in [-0.25, -0.2) is 0 Å². The number of aryl methyl sites for hydroxylation is 2. The monoisotopic (exact) mass is 206 g/mol. The molecule has 2 aromatic rings. The molecule has 80 valence electrons. The van der Waals surface area contributed by atoms with Gasteiger partial charge in [-0.05, 0) is 25.1 Å². The van der Waals surface area contributed by atoms with Gasteiger partial charge in [-0.3, -0.25) is 4.68 Å². The summed E-state index contributed by atoms with van der Waals surface area (Å²) in [4.78, 5) is 0. The smallest absolute Gasteiger partial charge is 0.133 e. The third-order valence-corrected chi connectivity index (χ3v) is 2.26. The summed E-state index contributed by atoms with van der Waals surface area (Å²) < 4.78 is 7.06. The van der Waals surface area contributed by atoms with Crippen molar-refractivity contribution < 1.29 is 9.52 Å². The molecule has 1 unspecified atom stereocenters. The molecule has 2 aromatic heterocycles. The first-order valence-corrected chi connectivity index (χ1v) is 4.88. The summed E-state index contributed by atoms with van der Waals surface area (Å²) >= 11 is 0. The lowest BCUT2D eigenvalue weighted by atomic mass is 10.1. The predicted molar refractivity (Wildman–Crippen MR) is 55.3 cm³/mol. The van der Waals surface area contributed by atoms with Gasteiger partial charge in [0.25, 0.3) is 0 Å². The van der Waals surface area contributed by atoms with Crippen LogP contribution in [0.2, 0.25) is 0 Å². The number of furan rings is 1. The Bertz CT molecular complexity index is 445. The largest absolute Gasteiger partial charge is 0.464 e. The van der Waals surface area contributed by atoms with Crippen LogP contribution in [-0.2, 0) is 13.5 Å². The molecule has 4 heteroatoms. The number of rotatable bonds is 3. The summed E-state index contributed by atoms with van der Waals surface area (Å²) in [5, 5.41) is 14.1. The molecule has 2 heterocycles. The fraction of sp³-hybridized carbons (Fsp3) is 0.364. The molecule has 0 aliphatic carbocycles. The first kappa shape index (κ1) is 9.98. The Labute approximate surface area is 88.1 Å². The zero-order valence-electron chi connectivity index (χ0n) is 8.84. The van der Waals surface area contributed by atoms with Crippen molar-refractivity contribution in [3.8, 4) is 0 Å². The topological polar surface area (TPSA) is 51.2 Å². The summed E-state index contributed by atoms with van der Waals surface area (Å²) in [5.74, 6) is 1.41. The highest BCUT2D eigenvalue weighted by molar-refractivity contribution is 5.11. The van der Waals surface area contributed by atoms with Crippen molar-refractivity contribution in [2.45, 2.75) is 19.4 Å². The maximum absolute atomic E-state index is 9.85. The normalized spacial score (nSPS) is 13.0. The van der Waals surface area contributed by atoms with E-state index in [1.807, 2.05) is 32.3 Å². The predicted octanol–water partition coefficient (Wildman–Crippen LogP) is 1.60. The Morgan fingerprint density at radius 2 is 2.27 bits per heavy atom. The molecule has 0 amide bonds. The molecular formula is C11H14N2O2. The summed E-state index contributed by atoms with van der Waals surface area (Å²) in [6, 6.07) is 5.53. The number of aliphatic hydroxyl groups is 1. The molecule has 0 bridgehead atoms. The van der Waals surface area contributed by atoms with E-state index >= 15 is 0 Å². The Morgan fingerprint density at radius 1 is 1.47 bits per heavy atom. The van der Waals surface area contributed by atoms with Crippen molar-refractivity contribution >= 4 is 0 Å². The lowest BCUT2D eigenvalue weighted by Crippen LogP contribution is -2.01. The fourth-order valence-electron chi connectivity index (χ4n) is 1.50. The first-order chi connectivity index (χ1) is 7.15. The maximum atomic E-state index is 9.85. The standard InChI is InChI=1S/C11H14N2O2/c1-8-3-4-11(15-8)10(14)7-9-5-6-13(2)12-9/h3-6,10,14H,7H2,1-2H3. The molecule has 1 N–H and O–H groups in total. The first-order valence-electron chi connectivity index (χ1n) is 4.88. The van der Waals surface area contributed by atoms with E-state index in [2.05, 4.69) is 5.10 Å². The molecule has 0 radical (unpaired) electrons. The highest BCUT2D eigenvalue weighted by Gasteiger charge is 2.13. The average molecular weight is 206 g/mol. The molecular weight excluding hydrogens is 192 g/mol. The van der Waals surface area contributed by atoms with Crippen LogP contribution in [-0.4, -0.2) is 14.9 Å². The molecule has 4 nitrogen and oxygen atoms in total. The summed E-state index contributed by atoms with van der Waals surface area (Å²) in [6.07, 6.45) is 1.72. The number of hydrogen-bond acceptors (Lipinski definition) is 3. The number of nitrogens with zero attached hydrogens (tertiary/aromatic N) is 2. The van der Waals surface area contributed by atoms with Gasteiger partial charge in [-0.1, -0.05) is 0 Å². The van der Waals surface area contributed by atoms with E-state index in [-0.39, 0.29) is 0 Å². The minimum absolute atomic E-state index is 0.480. The van der Waals surface area contributed by atoms with Crippen molar-refractivity contribution in [2.75, 3.05) is 0 Å². The van der Waals surface area contributed by atoms with E-state index in [0.29, 0.717) is 12.2 Å². The quantitative estimate of drug-likeness (QED) is 0.829.